The number of aromatic nitrogens is 1. The van der Waals surface area contributed by atoms with E-state index in [1.54, 1.807) is 25.3 Å². The molecule has 0 aliphatic heterocycles. The number of hydrogen-bond acceptors (Lipinski definition) is 4. The van der Waals surface area contributed by atoms with Crippen LogP contribution in [0.4, 0.5) is 5.69 Å². The van der Waals surface area contributed by atoms with Gasteiger partial charge in [-0.05, 0) is 41.4 Å². The van der Waals surface area contributed by atoms with E-state index in [0.29, 0.717) is 15.9 Å². The molecule has 0 bridgehead atoms. The Labute approximate surface area is 132 Å². The first kappa shape index (κ1) is 14.9. The van der Waals surface area contributed by atoms with Crippen molar-refractivity contribution in [3.63, 3.8) is 0 Å². The van der Waals surface area contributed by atoms with Crippen LogP contribution in [0.1, 0.15) is 11.1 Å². The molecule has 0 radical (unpaired) electrons. The van der Waals surface area contributed by atoms with Gasteiger partial charge in [-0.15, -0.1) is 0 Å². The molecule has 1 aromatic carbocycles. The summed E-state index contributed by atoms with van der Waals surface area (Å²) >= 11 is 6.58. The van der Waals surface area contributed by atoms with Gasteiger partial charge in [0.1, 0.15) is 0 Å². The summed E-state index contributed by atoms with van der Waals surface area (Å²) in [4.78, 5) is 14.7. The number of pyridine rings is 1. The van der Waals surface area contributed by atoms with Crippen molar-refractivity contribution in [1.29, 1.82) is 0 Å². The topological polar surface area (TPSA) is 65.3 Å². The molecule has 2 aromatic rings. The molecule has 0 saturated heterocycles. The molecule has 0 amide bonds. The normalized spacial score (nSPS) is 10.4. The first-order valence-electron chi connectivity index (χ1n) is 5.63. The van der Waals surface area contributed by atoms with Crippen molar-refractivity contribution in [3.05, 3.63) is 54.6 Å². The molecular formula is C13H10Br2N2O3. The monoisotopic (exact) mass is 400 g/mol. The molecule has 7 heteroatoms. The van der Waals surface area contributed by atoms with E-state index in [2.05, 4.69) is 36.8 Å². The number of nitro benzene ring substituents is 1. The summed E-state index contributed by atoms with van der Waals surface area (Å²) < 4.78 is 7.08. The van der Waals surface area contributed by atoms with Crippen LogP contribution in [0.15, 0.2) is 33.3 Å². The van der Waals surface area contributed by atoms with Crippen LogP contribution in [0.3, 0.4) is 0 Å². The van der Waals surface area contributed by atoms with Crippen LogP contribution in [0.5, 0.6) is 11.6 Å². The lowest BCUT2D eigenvalue weighted by molar-refractivity contribution is -0.385. The summed E-state index contributed by atoms with van der Waals surface area (Å²) in [6, 6.07) is 4.89. The first-order valence-corrected chi connectivity index (χ1v) is 7.21. The average Bonchev–Trinajstić information content (AvgIpc) is 2.36. The van der Waals surface area contributed by atoms with E-state index in [9.17, 15) is 10.1 Å². The largest absolute Gasteiger partial charge is 0.432 e. The quantitative estimate of drug-likeness (QED) is 0.540. The summed E-state index contributed by atoms with van der Waals surface area (Å²) in [7, 11) is 0. The van der Waals surface area contributed by atoms with Crippen molar-refractivity contribution in [3.8, 4) is 11.6 Å². The van der Waals surface area contributed by atoms with Gasteiger partial charge in [-0.25, -0.2) is 4.98 Å². The Morgan fingerprint density at radius 3 is 2.50 bits per heavy atom. The molecule has 0 fully saturated rings. The van der Waals surface area contributed by atoms with Gasteiger partial charge >= 0.3 is 5.69 Å². The highest BCUT2D eigenvalue weighted by atomic mass is 79.9. The number of halogens is 2. The number of hydrogen-bond donors (Lipinski definition) is 0. The Hall–Kier alpha value is -1.47. The molecule has 0 N–H and O–H groups in total. The predicted molar refractivity (Wildman–Crippen MR) is 82.3 cm³/mol. The minimum absolute atomic E-state index is 0.0979. The van der Waals surface area contributed by atoms with Gasteiger partial charge in [-0.2, -0.15) is 0 Å². The third-order valence-corrected chi connectivity index (χ3v) is 3.93. The Kier molecular flexibility index (Phi) is 4.39. The minimum atomic E-state index is -0.473. The summed E-state index contributed by atoms with van der Waals surface area (Å²) in [5.41, 5.74) is 1.50. The maximum absolute atomic E-state index is 11.1. The zero-order chi connectivity index (χ0) is 14.9. The van der Waals surface area contributed by atoms with Gasteiger partial charge in [0.05, 0.1) is 4.92 Å². The molecule has 20 heavy (non-hydrogen) atoms. The van der Waals surface area contributed by atoms with Crippen LogP contribution in [0.2, 0.25) is 0 Å². The molecule has 0 atom stereocenters. The highest BCUT2D eigenvalue weighted by molar-refractivity contribution is 9.10. The SMILES string of the molecule is Cc1cc(Oc2c(C)cc(Br)cc2[N+](=O)[O-])ncc1Br. The molecule has 0 unspecified atom stereocenters. The van der Waals surface area contributed by atoms with E-state index >= 15 is 0 Å². The fourth-order valence-corrected chi connectivity index (χ4v) is 2.43. The fourth-order valence-electron chi connectivity index (χ4n) is 1.65. The molecule has 0 spiro atoms. The standard InChI is InChI=1S/C13H10Br2N2O3/c1-7-4-12(16-6-10(7)15)20-13-8(2)3-9(14)5-11(13)17(18)19/h3-6H,1-2H3. The Balaban J connectivity index is 2.47. The average molecular weight is 402 g/mol. The van der Waals surface area contributed by atoms with Gasteiger partial charge in [0.2, 0.25) is 11.6 Å². The van der Waals surface area contributed by atoms with Crippen LogP contribution >= 0.6 is 31.9 Å². The number of aryl methyl sites for hydroxylation is 2. The summed E-state index contributed by atoms with van der Waals surface area (Å²) in [5.74, 6) is 0.520. The van der Waals surface area contributed by atoms with E-state index in [4.69, 9.17) is 4.74 Å². The Bertz CT molecular complexity index is 690. The number of ether oxygens (including phenoxy) is 1. The number of nitro groups is 1. The Morgan fingerprint density at radius 1 is 1.20 bits per heavy atom. The van der Waals surface area contributed by atoms with E-state index in [-0.39, 0.29) is 11.4 Å². The summed E-state index contributed by atoms with van der Waals surface area (Å²) in [6.07, 6.45) is 1.60. The minimum Gasteiger partial charge on any atom is -0.432 e. The van der Waals surface area contributed by atoms with Crippen molar-refractivity contribution in [1.82, 2.24) is 4.98 Å². The van der Waals surface area contributed by atoms with Crippen LogP contribution in [-0.4, -0.2) is 9.91 Å². The smallest absolute Gasteiger partial charge is 0.313 e. The number of nitrogens with zero attached hydrogens (tertiary/aromatic N) is 2. The number of benzene rings is 1. The summed E-state index contributed by atoms with van der Waals surface area (Å²) in [6.45, 7) is 3.64. The highest BCUT2D eigenvalue weighted by Gasteiger charge is 2.20. The predicted octanol–water partition coefficient (Wildman–Crippen LogP) is 4.92. The maximum atomic E-state index is 11.1. The third kappa shape index (κ3) is 3.16. The molecular weight excluding hydrogens is 392 g/mol. The second-order valence-electron chi connectivity index (χ2n) is 4.20. The van der Waals surface area contributed by atoms with E-state index in [1.165, 1.54) is 6.07 Å². The lowest BCUT2D eigenvalue weighted by atomic mass is 10.2. The van der Waals surface area contributed by atoms with Crippen molar-refractivity contribution < 1.29 is 9.66 Å². The molecule has 104 valence electrons. The van der Waals surface area contributed by atoms with Crippen molar-refractivity contribution in [2.24, 2.45) is 0 Å². The van der Waals surface area contributed by atoms with Gasteiger partial charge in [-0.1, -0.05) is 15.9 Å². The summed E-state index contributed by atoms with van der Waals surface area (Å²) in [5, 5.41) is 11.1. The molecule has 0 saturated carbocycles. The van der Waals surface area contributed by atoms with Crippen molar-refractivity contribution >= 4 is 37.5 Å². The zero-order valence-electron chi connectivity index (χ0n) is 10.7. The molecule has 1 heterocycles. The van der Waals surface area contributed by atoms with Gasteiger partial charge in [0.25, 0.3) is 0 Å². The van der Waals surface area contributed by atoms with Crippen LogP contribution in [-0.2, 0) is 0 Å². The van der Waals surface area contributed by atoms with E-state index < -0.39 is 4.92 Å². The maximum Gasteiger partial charge on any atom is 0.313 e. The zero-order valence-corrected chi connectivity index (χ0v) is 13.9. The molecule has 2 rings (SSSR count). The van der Waals surface area contributed by atoms with Crippen molar-refractivity contribution in [2.75, 3.05) is 0 Å². The lowest BCUT2D eigenvalue weighted by Gasteiger charge is -2.09. The van der Waals surface area contributed by atoms with Gasteiger partial charge in [-0.3, -0.25) is 10.1 Å². The van der Waals surface area contributed by atoms with Gasteiger partial charge < -0.3 is 4.74 Å². The molecule has 5 nitrogen and oxygen atoms in total. The van der Waals surface area contributed by atoms with Crippen LogP contribution < -0.4 is 4.74 Å². The fraction of sp³-hybridized carbons (Fsp3) is 0.154. The van der Waals surface area contributed by atoms with Crippen molar-refractivity contribution in [2.45, 2.75) is 13.8 Å². The van der Waals surface area contributed by atoms with Crippen LogP contribution in [0, 0.1) is 24.0 Å². The second-order valence-corrected chi connectivity index (χ2v) is 5.97. The van der Waals surface area contributed by atoms with Gasteiger partial charge in [0.15, 0.2) is 0 Å². The Morgan fingerprint density at radius 2 is 1.90 bits per heavy atom. The van der Waals surface area contributed by atoms with Gasteiger partial charge in [0, 0.05) is 32.8 Å². The van der Waals surface area contributed by atoms with E-state index in [0.717, 1.165) is 10.0 Å². The van der Waals surface area contributed by atoms with Crippen LogP contribution in [0.25, 0.3) is 0 Å². The highest BCUT2D eigenvalue weighted by Crippen LogP contribution is 2.37. The first-order chi connectivity index (χ1) is 9.38. The second kappa shape index (κ2) is 5.88. The third-order valence-electron chi connectivity index (χ3n) is 2.64. The van der Waals surface area contributed by atoms with E-state index in [1.807, 2.05) is 6.92 Å². The number of rotatable bonds is 3. The lowest BCUT2D eigenvalue weighted by Crippen LogP contribution is -1.97. The molecule has 0 aliphatic carbocycles. The molecule has 0 aliphatic rings. The molecule has 1 aromatic heterocycles.